The maximum atomic E-state index is 12.2. The van der Waals surface area contributed by atoms with E-state index in [0.717, 1.165) is 10.2 Å². The third-order valence-corrected chi connectivity index (χ3v) is 3.49. The van der Waals surface area contributed by atoms with Crippen molar-refractivity contribution in [2.24, 2.45) is 0 Å². The van der Waals surface area contributed by atoms with Crippen LogP contribution >= 0.6 is 0 Å². The summed E-state index contributed by atoms with van der Waals surface area (Å²) in [5, 5.41) is 15.6. The summed E-state index contributed by atoms with van der Waals surface area (Å²) in [7, 11) is 1.45. The van der Waals surface area contributed by atoms with Gasteiger partial charge in [0.05, 0.1) is 6.54 Å². The van der Waals surface area contributed by atoms with E-state index in [-0.39, 0.29) is 30.8 Å². The lowest BCUT2D eigenvalue weighted by atomic mass is 10.2. The zero-order valence-corrected chi connectivity index (χ0v) is 13.7. The fraction of sp³-hybridized carbons (Fsp3) is 0.294. The van der Waals surface area contributed by atoms with Crippen LogP contribution in [0.5, 0.6) is 0 Å². The van der Waals surface area contributed by atoms with Crippen molar-refractivity contribution in [3.8, 4) is 0 Å². The zero-order valence-electron chi connectivity index (χ0n) is 13.7. The van der Waals surface area contributed by atoms with Crippen LogP contribution in [0.1, 0.15) is 22.5 Å². The summed E-state index contributed by atoms with van der Waals surface area (Å²) in [6, 6.07) is 10.6. The Balaban J connectivity index is 2.16. The predicted molar refractivity (Wildman–Crippen MR) is 89.4 cm³/mol. The van der Waals surface area contributed by atoms with E-state index < -0.39 is 17.9 Å². The smallest absolute Gasteiger partial charge is 0.326 e. The van der Waals surface area contributed by atoms with Gasteiger partial charge >= 0.3 is 5.97 Å². The van der Waals surface area contributed by atoms with Gasteiger partial charge in [0, 0.05) is 26.2 Å². The van der Waals surface area contributed by atoms with Crippen molar-refractivity contribution in [1.82, 2.24) is 15.1 Å². The van der Waals surface area contributed by atoms with Gasteiger partial charge in [0.25, 0.3) is 11.5 Å². The molecule has 0 bridgehead atoms. The number of hydrogen-bond donors (Lipinski definition) is 2. The van der Waals surface area contributed by atoms with Gasteiger partial charge in [0.1, 0.15) is 11.7 Å². The minimum absolute atomic E-state index is 0.0285. The number of amides is 1. The summed E-state index contributed by atoms with van der Waals surface area (Å²) in [5.41, 5.74) is 0.479. The number of aliphatic carboxylic acids is 1. The lowest BCUT2D eigenvalue weighted by molar-refractivity contribution is -0.139. The maximum absolute atomic E-state index is 12.2. The Hall–Kier alpha value is -3.00. The molecule has 0 radical (unpaired) electrons. The summed E-state index contributed by atoms with van der Waals surface area (Å²) < 4.78 is 6.00. The molecule has 2 rings (SSSR count). The van der Waals surface area contributed by atoms with Crippen LogP contribution in [0.2, 0.25) is 0 Å². The first kappa shape index (κ1) is 18.3. The van der Waals surface area contributed by atoms with Gasteiger partial charge in [-0.3, -0.25) is 9.59 Å². The van der Waals surface area contributed by atoms with E-state index >= 15 is 0 Å². The lowest BCUT2D eigenvalue weighted by Crippen LogP contribution is -2.42. The second-order valence-electron chi connectivity index (χ2n) is 5.35. The van der Waals surface area contributed by atoms with Crippen molar-refractivity contribution < 1.29 is 19.4 Å². The molecule has 0 saturated heterocycles. The van der Waals surface area contributed by atoms with Crippen LogP contribution < -0.4 is 10.9 Å². The molecule has 0 aliphatic heterocycles. The average Bonchev–Trinajstić information content (AvgIpc) is 2.61. The molecule has 1 heterocycles. The number of nitrogens with one attached hydrogen (secondary N) is 1. The highest BCUT2D eigenvalue weighted by Gasteiger charge is 2.21. The van der Waals surface area contributed by atoms with Gasteiger partial charge in [-0.05, 0) is 11.6 Å². The number of carboxylic acids is 1. The molecule has 1 aromatic heterocycles. The molecule has 1 unspecified atom stereocenters. The maximum Gasteiger partial charge on any atom is 0.326 e. The predicted octanol–water partition coefficient (Wildman–Crippen LogP) is 0.511. The molecule has 0 aliphatic rings. The van der Waals surface area contributed by atoms with Crippen LogP contribution in [-0.2, 0) is 16.1 Å². The summed E-state index contributed by atoms with van der Waals surface area (Å²) in [6.07, 6.45) is 0.126. The van der Waals surface area contributed by atoms with E-state index in [1.807, 2.05) is 30.3 Å². The third kappa shape index (κ3) is 5.25. The Labute approximate surface area is 144 Å². The van der Waals surface area contributed by atoms with E-state index in [0.29, 0.717) is 0 Å². The van der Waals surface area contributed by atoms with Crippen LogP contribution in [0.3, 0.4) is 0 Å². The number of benzene rings is 1. The highest BCUT2D eigenvalue weighted by Crippen LogP contribution is 2.01. The van der Waals surface area contributed by atoms with Gasteiger partial charge in [0.15, 0.2) is 0 Å². The molecule has 0 saturated carbocycles. The molecule has 1 amide bonds. The first-order valence-electron chi connectivity index (χ1n) is 7.66. The van der Waals surface area contributed by atoms with Crippen molar-refractivity contribution in [1.29, 1.82) is 0 Å². The highest BCUT2D eigenvalue weighted by molar-refractivity contribution is 5.94. The van der Waals surface area contributed by atoms with Crippen molar-refractivity contribution in [3.05, 3.63) is 64.1 Å². The zero-order chi connectivity index (χ0) is 18.2. The Morgan fingerprint density at radius 3 is 2.60 bits per heavy atom. The number of nitrogens with zero attached hydrogens (tertiary/aromatic N) is 2. The minimum Gasteiger partial charge on any atom is -0.480 e. The van der Waals surface area contributed by atoms with Gasteiger partial charge in [-0.15, -0.1) is 0 Å². The van der Waals surface area contributed by atoms with Crippen LogP contribution in [0.25, 0.3) is 0 Å². The van der Waals surface area contributed by atoms with E-state index in [4.69, 9.17) is 9.84 Å². The second-order valence-corrected chi connectivity index (χ2v) is 5.35. The number of rotatable bonds is 8. The Morgan fingerprint density at radius 1 is 1.24 bits per heavy atom. The van der Waals surface area contributed by atoms with Crippen molar-refractivity contribution in [2.75, 3.05) is 13.7 Å². The summed E-state index contributed by atoms with van der Waals surface area (Å²) in [5.74, 6) is -1.83. The largest absolute Gasteiger partial charge is 0.480 e. The number of aromatic nitrogens is 2. The van der Waals surface area contributed by atoms with Gasteiger partial charge < -0.3 is 15.2 Å². The molecule has 0 fully saturated rings. The standard InChI is InChI=1S/C17H19N3O5/c1-25-10-9-14(17(23)24)18-16(22)13-7-8-15(21)20(19-13)11-12-5-3-2-4-6-12/h2-8,14H,9-11H2,1H3,(H,18,22)(H,23,24). The molecule has 0 aliphatic carbocycles. The molecule has 2 N–H and O–H groups in total. The van der Waals surface area contributed by atoms with E-state index in [1.165, 1.54) is 19.2 Å². The number of hydrogen-bond acceptors (Lipinski definition) is 5. The molecule has 25 heavy (non-hydrogen) atoms. The minimum atomic E-state index is -1.16. The van der Waals surface area contributed by atoms with E-state index in [2.05, 4.69) is 10.4 Å². The van der Waals surface area contributed by atoms with Gasteiger partial charge in [-0.1, -0.05) is 30.3 Å². The highest BCUT2D eigenvalue weighted by atomic mass is 16.5. The Bertz CT molecular complexity index is 788. The van der Waals surface area contributed by atoms with E-state index in [1.54, 1.807) is 0 Å². The molecule has 0 spiro atoms. The summed E-state index contributed by atoms with van der Waals surface area (Å²) in [4.78, 5) is 35.4. The fourth-order valence-electron chi connectivity index (χ4n) is 2.16. The molecule has 1 aromatic carbocycles. The SMILES string of the molecule is COCCC(NC(=O)c1ccc(=O)n(Cc2ccccc2)n1)C(=O)O. The van der Waals surface area contributed by atoms with Gasteiger partial charge in [-0.25, -0.2) is 9.48 Å². The second kappa shape index (κ2) is 8.74. The van der Waals surface area contributed by atoms with Crippen molar-refractivity contribution in [3.63, 3.8) is 0 Å². The van der Waals surface area contributed by atoms with Crippen LogP contribution in [-0.4, -0.2) is 46.5 Å². The van der Waals surface area contributed by atoms with Crippen molar-refractivity contribution in [2.45, 2.75) is 19.0 Å². The van der Waals surface area contributed by atoms with Crippen molar-refractivity contribution >= 4 is 11.9 Å². The quantitative estimate of drug-likeness (QED) is 0.721. The number of methoxy groups -OCH3 is 1. The first-order valence-corrected chi connectivity index (χ1v) is 7.66. The molecule has 132 valence electrons. The number of carbonyl (C=O) groups excluding carboxylic acids is 1. The monoisotopic (exact) mass is 345 g/mol. The molecule has 8 heteroatoms. The van der Waals surface area contributed by atoms with Crippen LogP contribution in [0.4, 0.5) is 0 Å². The fourth-order valence-corrected chi connectivity index (χ4v) is 2.16. The number of carbonyl (C=O) groups is 2. The number of ether oxygens (including phenoxy) is 1. The van der Waals surface area contributed by atoms with Crippen LogP contribution in [0.15, 0.2) is 47.3 Å². The van der Waals surface area contributed by atoms with Gasteiger partial charge in [0.2, 0.25) is 0 Å². The molecule has 1 atom stereocenters. The molecular formula is C17H19N3O5. The Kier molecular flexibility index (Phi) is 6.41. The molecular weight excluding hydrogens is 326 g/mol. The van der Waals surface area contributed by atoms with Gasteiger partial charge in [-0.2, -0.15) is 5.10 Å². The average molecular weight is 345 g/mol. The molecule has 2 aromatic rings. The first-order chi connectivity index (χ1) is 12.0. The molecule has 8 nitrogen and oxygen atoms in total. The normalized spacial score (nSPS) is 11.7. The van der Waals surface area contributed by atoms with E-state index in [9.17, 15) is 14.4 Å². The topological polar surface area (TPSA) is 111 Å². The van der Waals surface area contributed by atoms with Crippen LogP contribution in [0, 0.1) is 0 Å². The third-order valence-electron chi connectivity index (χ3n) is 3.49. The number of carboxylic acid groups (broad SMARTS) is 1. The summed E-state index contributed by atoms with van der Waals surface area (Å²) >= 11 is 0. The summed E-state index contributed by atoms with van der Waals surface area (Å²) in [6.45, 7) is 0.408. The lowest BCUT2D eigenvalue weighted by Gasteiger charge is -2.14. The Morgan fingerprint density at radius 2 is 1.96 bits per heavy atom.